The Morgan fingerprint density at radius 2 is 1.79 bits per heavy atom. The minimum atomic E-state index is 0.140. The van der Waals surface area contributed by atoms with Crippen molar-refractivity contribution in [2.24, 2.45) is 0 Å². The number of hydrogen-bond donors (Lipinski definition) is 1. The van der Waals surface area contributed by atoms with Crippen molar-refractivity contribution in [1.82, 2.24) is 15.3 Å². The molecule has 0 aromatic carbocycles. The molecule has 78 valence electrons. The summed E-state index contributed by atoms with van der Waals surface area (Å²) in [5.41, 5.74) is 1.33. The summed E-state index contributed by atoms with van der Waals surface area (Å²) in [5.74, 6) is 0.910. The molecule has 3 heteroatoms. The minimum absolute atomic E-state index is 0.140. The van der Waals surface area contributed by atoms with Gasteiger partial charge < -0.3 is 5.32 Å². The van der Waals surface area contributed by atoms with Crippen LogP contribution in [0, 0.1) is 0 Å². The lowest BCUT2D eigenvalue weighted by molar-refractivity contribution is 0.581. The molecular weight excluding hydrogens is 174 g/mol. The number of aromatic nitrogens is 2. The summed E-state index contributed by atoms with van der Waals surface area (Å²) in [4.78, 5) is 8.66. The summed E-state index contributed by atoms with van der Waals surface area (Å²) < 4.78 is 0. The van der Waals surface area contributed by atoms with Crippen LogP contribution in [0.2, 0.25) is 0 Å². The molecule has 0 spiro atoms. The van der Waals surface area contributed by atoms with Gasteiger partial charge in [0.2, 0.25) is 0 Å². The van der Waals surface area contributed by atoms with Gasteiger partial charge in [-0.1, -0.05) is 20.8 Å². The Morgan fingerprint density at radius 3 is 2.21 bits per heavy atom. The Balaban J connectivity index is 2.69. The van der Waals surface area contributed by atoms with Crippen LogP contribution in [-0.2, 0) is 11.8 Å². The Labute approximate surface area is 86.0 Å². The van der Waals surface area contributed by atoms with Gasteiger partial charge in [-0.15, -0.1) is 0 Å². The topological polar surface area (TPSA) is 37.8 Å². The highest BCUT2D eigenvalue weighted by Gasteiger charge is 2.14. The first-order chi connectivity index (χ1) is 6.54. The summed E-state index contributed by atoms with van der Waals surface area (Å²) in [6, 6.07) is 0. The zero-order valence-corrected chi connectivity index (χ0v) is 9.46. The normalized spacial score (nSPS) is 11.7. The molecule has 1 aromatic rings. The van der Waals surface area contributed by atoms with Crippen molar-refractivity contribution in [3.8, 4) is 0 Å². The molecule has 0 saturated carbocycles. The maximum atomic E-state index is 4.33. The van der Waals surface area contributed by atoms with Gasteiger partial charge in [0, 0.05) is 25.4 Å². The van der Waals surface area contributed by atoms with Crippen LogP contribution in [0.3, 0.4) is 0 Å². The molecule has 0 radical (unpaired) electrons. The van der Waals surface area contributed by atoms with E-state index in [0.29, 0.717) is 0 Å². The van der Waals surface area contributed by atoms with E-state index in [-0.39, 0.29) is 5.41 Å². The van der Waals surface area contributed by atoms with Crippen LogP contribution >= 0.6 is 0 Å². The molecule has 0 atom stereocenters. The van der Waals surface area contributed by atoms with Crippen LogP contribution in [0.4, 0.5) is 0 Å². The van der Waals surface area contributed by atoms with Crippen molar-refractivity contribution >= 4 is 0 Å². The van der Waals surface area contributed by atoms with Crippen LogP contribution in [0.15, 0.2) is 12.4 Å². The van der Waals surface area contributed by atoms with Crippen molar-refractivity contribution < 1.29 is 0 Å². The third-order valence-corrected chi connectivity index (χ3v) is 2.17. The first-order valence-electron chi connectivity index (χ1n) is 5.00. The first-order valence-corrected chi connectivity index (χ1v) is 5.00. The van der Waals surface area contributed by atoms with Crippen molar-refractivity contribution in [3.05, 3.63) is 23.8 Å². The fourth-order valence-electron chi connectivity index (χ4n) is 1.11. The first kappa shape index (κ1) is 11.1. The third-order valence-electron chi connectivity index (χ3n) is 2.17. The van der Waals surface area contributed by atoms with E-state index in [0.717, 1.165) is 18.8 Å². The predicted octanol–water partition coefficient (Wildman–Crippen LogP) is 1.54. The Bertz CT molecular complexity index is 272. The molecule has 0 bridgehead atoms. The van der Waals surface area contributed by atoms with E-state index in [4.69, 9.17) is 0 Å². The third kappa shape index (κ3) is 3.07. The molecule has 1 rings (SSSR count). The van der Waals surface area contributed by atoms with Crippen LogP contribution < -0.4 is 5.32 Å². The van der Waals surface area contributed by atoms with Gasteiger partial charge in [-0.2, -0.15) is 0 Å². The van der Waals surface area contributed by atoms with Crippen molar-refractivity contribution in [1.29, 1.82) is 0 Å². The average Bonchev–Trinajstić information content (AvgIpc) is 2.14. The SMILES string of the molecule is CNCCc1ncc(C(C)(C)C)cn1. The molecule has 0 aliphatic heterocycles. The van der Waals surface area contributed by atoms with Gasteiger partial charge in [0.15, 0.2) is 0 Å². The van der Waals surface area contributed by atoms with Gasteiger partial charge in [0.05, 0.1) is 0 Å². The van der Waals surface area contributed by atoms with Crippen LogP contribution in [0.5, 0.6) is 0 Å². The molecule has 1 heterocycles. The van der Waals surface area contributed by atoms with Crippen molar-refractivity contribution in [2.45, 2.75) is 32.6 Å². The second-order valence-electron chi connectivity index (χ2n) is 4.49. The average molecular weight is 193 g/mol. The number of nitrogens with one attached hydrogen (secondary N) is 1. The van der Waals surface area contributed by atoms with Gasteiger partial charge in [-0.05, 0) is 18.0 Å². The Kier molecular flexibility index (Phi) is 3.58. The van der Waals surface area contributed by atoms with E-state index in [9.17, 15) is 0 Å². The lowest BCUT2D eigenvalue weighted by Gasteiger charge is -2.17. The Hall–Kier alpha value is -0.960. The molecular formula is C11H19N3. The van der Waals surface area contributed by atoms with Gasteiger partial charge in [0.25, 0.3) is 0 Å². The molecule has 1 aromatic heterocycles. The fourth-order valence-corrected chi connectivity index (χ4v) is 1.11. The Morgan fingerprint density at radius 1 is 1.21 bits per heavy atom. The number of likely N-dealkylation sites (N-methyl/N-ethyl adjacent to an activating group) is 1. The molecule has 0 aliphatic carbocycles. The van der Waals surface area contributed by atoms with Crippen LogP contribution in [0.25, 0.3) is 0 Å². The van der Waals surface area contributed by atoms with E-state index in [1.807, 2.05) is 19.4 Å². The zero-order valence-electron chi connectivity index (χ0n) is 9.46. The molecule has 14 heavy (non-hydrogen) atoms. The van der Waals surface area contributed by atoms with E-state index < -0.39 is 0 Å². The van der Waals surface area contributed by atoms with E-state index in [2.05, 4.69) is 36.1 Å². The van der Waals surface area contributed by atoms with Gasteiger partial charge >= 0.3 is 0 Å². The maximum Gasteiger partial charge on any atom is 0.129 e. The quantitative estimate of drug-likeness (QED) is 0.791. The highest BCUT2D eigenvalue weighted by atomic mass is 14.9. The molecule has 0 fully saturated rings. The van der Waals surface area contributed by atoms with Gasteiger partial charge in [-0.3, -0.25) is 0 Å². The van der Waals surface area contributed by atoms with E-state index >= 15 is 0 Å². The second kappa shape index (κ2) is 4.51. The summed E-state index contributed by atoms with van der Waals surface area (Å²) >= 11 is 0. The summed E-state index contributed by atoms with van der Waals surface area (Å²) in [5, 5.41) is 3.08. The second-order valence-corrected chi connectivity index (χ2v) is 4.49. The fraction of sp³-hybridized carbons (Fsp3) is 0.636. The van der Waals surface area contributed by atoms with Gasteiger partial charge in [-0.25, -0.2) is 9.97 Å². The molecule has 0 aliphatic rings. The molecule has 0 unspecified atom stereocenters. The predicted molar refractivity (Wildman–Crippen MR) is 58.4 cm³/mol. The number of rotatable bonds is 3. The lowest BCUT2D eigenvalue weighted by atomic mass is 9.89. The van der Waals surface area contributed by atoms with Crippen molar-refractivity contribution in [2.75, 3.05) is 13.6 Å². The highest BCUT2D eigenvalue weighted by molar-refractivity contribution is 5.15. The smallest absolute Gasteiger partial charge is 0.129 e. The largest absolute Gasteiger partial charge is 0.319 e. The molecule has 0 saturated heterocycles. The monoisotopic (exact) mass is 193 g/mol. The lowest BCUT2D eigenvalue weighted by Crippen LogP contribution is -2.15. The van der Waals surface area contributed by atoms with Crippen LogP contribution in [-0.4, -0.2) is 23.6 Å². The minimum Gasteiger partial charge on any atom is -0.319 e. The molecule has 1 N–H and O–H groups in total. The highest BCUT2D eigenvalue weighted by Crippen LogP contribution is 2.19. The summed E-state index contributed by atoms with van der Waals surface area (Å²) in [6.45, 7) is 7.42. The van der Waals surface area contributed by atoms with E-state index in [1.54, 1.807) is 0 Å². The molecule has 3 nitrogen and oxygen atoms in total. The molecule has 0 amide bonds. The standard InChI is InChI=1S/C11H19N3/c1-11(2,3)9-7-13-10(14-8-9)5-6-12-4/h7-8,12H,5-6H2,1-4H3. The summed E-state index contributed by atoms with van der Waals surface area (Å²) in [7, 11) is 1.93. The van der Waals surface area contributed by atoms with E-state index in [1.165, 1.54) is 5.56 Å². The maximum absolute atomic E-state index is 4.33. The number of hydrogen-bond acceptors (Lipinski definition) is 3. The number of nitrogens with zero attached hydrogens (tertiary/aromatic N) is 2. The van der Waals surface area contributed by atoms with Gasteiger partial charge in [0.1, 0.15) is 5.82 Å². The van der Waals surface area contributed by atoms with Crippen LogP contribution in [0.1, 0.15) is 32.2 Å². The van der Waals surface area contributed by atoms with Crippen molar-refractivity contribution in [3.63, 3.8) is 0 Å². The summed E-state index contributed by atoms with van der Waals surface area (Å²) in [6.07, 6.45) is 4.75. The zero-order chi connectivity index (χ0) is 10.6.